The second-order valence-corrected chi connectivity index (χ2v) is 10.6. The van der Waals surface area contributed by atoms with Crippen LogP contribution in [0.3, 0.4) is 0 Å². The first-order chi connectivity index (χ1) is 17.5. The lowest BCUT2D eigenvalue weighted by atomic mass is 9.83. The van der Waals surface area contributed by atoms with Crippen molar-refractivity contribution in [2.75, 3.05) is 32.7 Å². The molecule has 3 aromatic rings. The van der Waals surface area contributed by atoms with E-state index in [1.807, 2.05) is 34.1 Å². The monoisotopic (exact) mass is 486 g/mol. The van der Waals surface area contributed by atoms with E-state index in [1.165, 1.54) is 10.9 Å². The third-order valence-corrected chi connectivity index (χ3v) is 8.59. The molecular formula is C29H34N4O3. The number of hydrogen-bond donors (Lipinski definition) is 0. The predicted octanol–water partition coefficient (Wildman–Crippen LogP) is 3.80. The first kappa shape index (κ1) is 23.1. The van der Waals surface area contributed by atoms with Crippen LogP contribution in [0.15, 0.2) is 42.5 Å². The van der Waals surface area contributed by atoms with Crippen LogP contribution in [0.5, 0.6) is 0 Å². The van der Waals surface area contributed by atoms with Gasteiger partial charge in [0, 0.05) is 86.0 Å². The molecule has 2 aromatic carbocycles. The van der Waals surface area contributed by atoms with Crippen molar-refractivity contribution in [3.63, 3.8) is 0 Å². The van der Waals surface area contributed by atoms with E-state index in [4.69, 9.17) is 0 Å². The number of benzene rings is 2. The highest BCUT2D eigenvalue weighted by Crippen LogP contribution is 2.33. The fourth-order valence-electron chi connectivity index (χ4n) is 6.68. The zero-order valence-corrected chi connectivity index (χ0v) is 21.0. The molecule has 188 valence electrons. The largest absolute Gasteiger partial charge is 0.344 e. The Hall–Kier alpha value is -3.35. The second kappa shape index (κ2) is 9.26. The third-order valence-electron chi connectivity index (χ3n) is 8.59. The molecule has 3 aliphatic heterocycles. The lowest BCUT2D eigenvalue weighted by Gasteiger charge is -2.47. The van der Waals surface area contributed by atoms with Crippen molar-refractivity contribution in [1.82, 2.24) is 19.3 Å². The van der Waals surface area contributed by atoms with Gasteiger partial charge >= 0.3 is 0 Å². The molecule has 0 bridgehead atoms. The number of piperidine rings is 2. The van der Waals surface area contributed by atoms with Crippen molar-refractivity contribution in [2.24, 2.45) is 13.0 Å². The van der Waals surface area contributed by atoms with Crippen LogP contribution in [0.1, 0.15) is 48.9 Å². The van der Waals surface area contributed by atoms with Gasteiger partial charge in [-0.15, -0.1) is 0 Å². The molecule has 0 aliphatic carbocycles. The SMILES string of the molecule is Cn1c2ccccc2c2cc(C(=O)N3CC[C@H]4[C@H](CCC(=O)N4CCCN4CCCC4=O)C3)ccc21. The molecule has 7 nitrogen and oxygen atoms in total. The van der Waals surface area contributed by atoms with Gasteiger partial charge in [-0.2, -0.15) is 0 Å². The molecule has 0 saturated carbocycles. The fraction of sp³-hybridized carbons (Fsp3) is 0.483. The fourth-order valence-corrected chi connectivity index (χ4v) is 6.68. The molecule has 0 unspecified atom stereocenters. The van der Waals surface area contributed by atoms with E-state index in [2.05, 4.69) is 34.7 Å². The summed E-state index contributed by atoms with van der Waals surface area (Å²) in [6.45, 7) is 3.66. The lowest BCUT2D eigenvalue weighted by Crippen LogP contribution is -2.57. The number of aromatic nitrogens is 1. The molecule has 0 radical (unpaired) electrons. The van der Waals surface area contributed by atoms with Gasteiger partial charge in [-0.1, -0.05) is 18.2 Å². The highest BCUT2D eigenvalue weighted by Gasteiger charge is 2.40. The summed E-state index contributed by atoms with van der Waals surface area (Å²) in [5.74, 6) is 0.867. The maximum atomic E-state index is 13.6. The third kappa shape index (κ3) is 3.94. The molecule has 0 spiro atoms. The normalized spacial score (nSPS) is 22.6. The highest BCUT2D eigenvalue weighted by molar-refractivity contribution is 6.10. The summed E-state index contributed by atoms with van der Waals surface area (Å²) in [6.07, 6.45) is 4.65. The minimum absolute atomic E-state index is 0.0827. The number of carbonyl (C=O) groups is 3. The van der Waals surface area contributed by atoms with E-state index in [0.717, 1.165) is 55.2 Å². The number of fused-ring (bicyclic) bond motifs is 4. The molecule has 3 amide bonds. The number of hydrogen-bond acceptors (Lipinski definition) is 3. The first-order valence-corrected chi connectivity index (χ1v) is 13.3. The summed E-state index contributed by atoms with van der Waals surface area (Å²) < 4.78 is 2.18. The van der Waals surface area contributed by atoms with Crippen LogP contribution in [0.25, 0.3) is 21.8 Å². The van der Waals surface area contributed by atoms with Gasteiger partial charge in [0.1, 0.15) is 0 Å². The first-order valence-electron chi connectivity index (χ1n) is 13.3. The van der Waals surface area contributed by atoms with Gasteiger partial charge in [0.2, 0.25) is 11.8 Å². The lowest BCUT2D eigenvalue weighted by molar-refractivity contribution is -0.140. The van der Waals surface area contributed by atoms with Crippen LogP contribution in [0.4, 0.5) is 0 Å². The van der Waals surface area contributed by atoms with Gasteiger partial charge in [-0.3, -0.25) is 14.4 Å². The molecular weight excluding hydrogens is 452 g/mol. The van der Waals surface area contributed by atoms with Gasteiger partial charge in [0.05, 0.1) is 0 Å². The van der Waals surface area contributed by atoms with Gasteiger partial charge < -0.3 is 19.3 Å². The molecule has 4 heterocycles. The minimum Gasteiger partial charge on any atom is -0.344 e. The minimum atomic E-state index is 0.0827. The number of nitrogens with zero attached hydrogens (tertiary/aromatic N) is 4. The number of likely N-dealkylation sites (tertiary alicyclic amines) is 3. The Bertz CT molecular complexity index is 1350. The summed E-state index contributed by atoms with van der Waals surface area (Å²) >= 11 is 0. The van der Waals surface area contributed by atoms with Crippen molar-refractivity contribution < 1.29 is 14.4 Å². The summed E-state index contributed by atoms with van der Waals surface area (Å²) in [5, 5.41) is 2.28. The van der Waals surface area contributed by atoms with E-state index in [1.54, 1.807) is 0 Å². The topological polar surface area (TPSA) is 65.9 Å². The second-order valence-electron chi connectivity index (χ2n) is 10.6. The van der Waals surface area contributed by atoms with E-state index in [0.29, 0.717) is 38.4 Å². The van der Waals surface area contributed by atoms with E-state index in [9.17, 15) is 14.4 Å². The Morgan fingerprint density at radius 1 is 0.917 bits per heavy atom. The maximum absolute atomic E-state index is 13.6. The molecule has 6 rings (SSSR count). The van der Waals surface area contributed by atoms with Crippen LogP contribution >= 0.6 is 0 Å². The molecule has 0 N–H and O–H groups in total. The Kier molecular flexibility index (Phi) is 5.94. The molecule has 7 heteroatoms. The van der Waals surface area contributed by atoms with Crippen molar-refractivity contribution in [1.29, 1.82) is 0 Å². The van der Waals surface area contributed by atoms with E-state index < -0.39 is 0 Å². The standard InChI is InChI=1S/C29H34N4O3/c1-30-25-7-3-2-6-22(25)23-18-20(9-11-26(23)30)29(36)32-17-13-24-21(19-32)10-12-28(35)33(24)16-5-15-31-14-4-8-27(31)34/h2-3,6-7,9,11,18,21,24H,4-5,8,10,12-17,19H2,1H3/t21-,24+/m1/s1. The van der Waals surface area contributed by atoms with Crippen LogP contribution in [-0.2, 0) is 16.6 Å². The number of carbonyl (C=O) groups excluding carboxylic acids is 3. The summed E-state index contributed by atoms with van der Waals surface area (Å²) in [7, 11) is 2.07. The maximum Gasteiger partial charge on any atom is 0.253 e. The number of aryl methyl sites for hydroxylation is 1. The average molecular weight is 487 g/mol. The van der Waals surface area contributed by atoms with Crippen LogP contribution in [0.2, 0.25) is 0 Å². The van der Waals surface area contributed by atoms with Crippen molar-refractivity contribution in [3.05, 3.63) is 48.0 Å². The van der Waals surface area contributed by atoms with Gasteiger partial charge in [-0.05, 0) is 55.9 Å². The Morgan fingerprint density at radius 3 is 2.58 bits per heavy atom. The smallest absolute Gasteiger partial charge is 0.253 e. The highest BCUT2D eigenvalue weighted by atomic mass is 16.2. The molecule has 3 fully saturated rings. The molecule has 3 aliphatic rings. The van der Waals surface area contributed by atoms with Gasteiger partial charge in [0.25, 0.3) is 5.91 Å². The van der Waals surface area contributed by atoms with E-state index in [-0.39, 0.29) is 23.8 Å². The molecule has 1 aromatic heterocycles. The Morgan fingerprint density at radius 2 is 1.75 bits per heavy atom. The molecule has 3 saturated heterocycles. The number of amides is 3. The van der Waals surface area contributed by atoms with Crippen LogP contribution in [-0.4, -0.2) is 75.8 Å². The summed E-state index contributed by atoms with van der Waals surface area (Å²) in [4.78, 5) is 44.2. The van der Waals surface area contributed by atoms with Gasteiger partial charge in [0.15, 0.2) is 0 Å². The summed E-state index contributed by atoms with van der Waals surface area (Å²) in [6, 6.07) is 14.6. The summed E-state index contributed by atoms with van der Waals surface area (Å²) in [5.41, 5.74) is 3.03. The van der Waals surface area contributed by atoms with Crippen LogP contribution in [0, 0.1) is 5.92 Å². The van der Waals surface area contributed by atoms with Gasteiger partial charge in [-0.25, -0.2) is 0 Å². The molecule has 2 atom stereocenters. The van der Waals surface area contributed by atoms with Crippen molar-refractivity contribution in [2.45, 2.75) is 44.6 Å². The Labute approximate surface area is 211 Å². The number of para-hydroxylation sites is 1. The zero-order chi connectivity index (χ0) is 24.8. The van der Waals surface area contributed by atoms with Crippen LogP contribution < -0.4 is 0 Å². The predicted molar refractivity (Wildman–Crippen MR) is 140 cm³/mol. The zero-order valence-electron chi connectivity index (χ0n) is 21.0. The molecule has 36 heavy (non-hydrogen) atoms. The Balaban J connectivity index is 1.14. The van der Waals surface area contributed by atoms with E-state index >= 15 is 0 Å². The average Bonchev–Trinajstić information content (AvgIpc) is 3.44. The number of rotatable bonds is 5. The van der Waals surface area contributed by atoms with Crippen molar-refractivity contribution in [3.8, 4) is 0 Å². The quantitative estimate of drug-likeness (QED) is 0.551. The van der Waals surface area contributed by atoms with Crippen molar-refractivity contribution >= 4 is 39.5 Å².